The van der Waals surface area contributed by atoms with Crippen LogP contribution in [0, 0.1) is 5.82 Å². The Balaban J connectivity index is 1.91. The number of nitrogens with zero attached hydrogens (tertiary/aromatic N) is 1. The van der Waals surface area contributed by atoms with Crippen LogP contribution in [0.5, 0.6) is 0 Å². The van der Waals surface area contributed by atoms with Gasteiger partial charge in [0.1, 0.15) is 17.2 Å². The molecule has 1 atom stereocenters. The maximum atomic E-state index is 13.2. The van der Waals surface area contributed by atoms with E-state index in [1.807, 2.05) is 31.3 Å². The highest BCUT2D eigenvalue weighted by molar-refractivity contribution is 5.78. The van der Waals surface area contributed by atoms with E-state index < -0.39 is 0 Å². The Bertz CT molecular complexity index is 709. The Kier molecular flexibility index (Phi) is 3.48. The largest absolute Gasteiger partial charge is 0.459 e. The van der Waals surface area contributed by atoms with Gasteiger partial charge in [-0.15, -0.1) is 0 Å². The highest BCUT2D eigenvalue weighted by Crippen LogP contribution is 2.26. The van der Waals surface area contributed by atoms with Crippen LogP contribution in [-0.2, 0) is 6.42 Å². The Morgan fingerprint density at radius 3 is 2.90 bits per heavy atom. The molecule has 0 aliphatic rings. The maximum Gasteiger partial charge on any atom is 0.134 e. The molecule has 102 valence electrons. The molecule has 0 amide bonds. The summed E-state index contributed by atoms with van der Waals surface area (Å²) in [6.45, 7) is 0. The van der Waals surface area contributed by atoms with E-state index in [1.165, 1.54) is 12.1 Å². The third-order valence-electron chi connectivity index (χ3n) is 3.33. The second-order valence-corrected chi connectivity index (χ2v) is 4.70. The van der Waals surface area contributed by atoms with Gasteiger partial charge in [-0.2, -0.15) is 0 Å². The van der Waals surface area contributed by atoms with Crippen molar-refractivity contribution in [3.63, 3.8) is 0 Å². The van der Waals surface area contributed by atoms with Gasteiger partial charge in [-0.05, 0) is 43.4 Å². The number of benzene rings is 1. The van der Waals surface area contributed by atoms with Gasteiger partial charge in [-0.25, -0.2) is 4.39 Å². The predicted octanol–water partition coefficient (Wildman–Crippen LogP) is 3.47. The zero-order valence-corrected chi connectivity index (χ0v) is 11.1. The van der Waals surface area contributed by atoms with Crippen molar-refractivity contribution in [2.45, 2.75) is 12.5 Å². The van der Waals surface area contributed by atoms with E-state index in [4.69, 9.17) is 4.42 Å². The molecule has 3 nitrogen and oxygen atoms in total. The van der Waals surface area contributed by atoms with E-state index in [0.29, 0.717) is 5.58 Å². The number of furan rings is 1. The number of fused-ring (bicyclic) bond motifs is 1. The summed E-state index contributed by atoms with van der Waals surface area (Å²) < 4.78 is 19.0. The third-order valence-corrected chi connectivity index (χ3v) is 3.33. The average Bonchev–Trinajstić information content (AvgIpc) is 2.88. The van der Waals surface area contributed by atoms with E-state index in [0.717, 1.165) is 23.3 Å². The fourth-order valence-electron chi connectivity index (χ4n) is 2.28. The normalized spacial score (nSPS) is 12.7. The first-order valence-corrected chi connectivity index (χ1v) is 6.52. The first-order chi connectivity index (χ1) is 9.76. The number of halogens is 1. The van der Waals surface area contributed by atoms with Gasteiger partial charge in [0.2, 0.25) is 0 Å². The molecule has 0 radical (unpaired) electrons. The number of likely N-dealkylation sites (N-methyl/N-ethyl adjacent to an activating group) is 1. The lowest BCUT2D eigenvalue weighted by Crippen LogP contribution is -2.18. The second kappa shape index (κ2) is 5.43. The lowest BCUT2D eigenvalue weighted by atomic mass is 10.1. The molecule has 0 aliphatic heterocycles. The molecule has 0 fully saturated rings. The van der Waals surface area contributed by atoms with Gasteiger partial charge in [0, 0.05) is 23.7 Å². The van der Waals surface area contributed by atoms with Crippen molar-refractivity contribution in [3.05, 3.63) is 65.9 Å². The molecule has 1 N–H and O–H groups in total. The van der Waals surface area contributed by atoms with Crippen molar-refractivity contribution < 1.29 is 8.81 Å². The Morgan fingerprint density at radius 2 is 2.15 bits per heavy atom. The number of aromatic nitrogens is 1. The molecule has 1 unspecified atom stereocenters. The first kappa shape index (κ1) is 12.8. The molecule has 3 aromatic rings. The van der Waals surface area contributed by atoms with Gasteiger partial charge in [-0.1, -0.05) is 6.07 Å². The second-order valence-electron chi connectivity index (χ2n) is 4.70. The van der Waals surface area contributed by atoms with Crippen molar-refractivity contribution in [2.75, 3.05) is 7.05 Å². The SMILES string of the molecule is CNC(Cc1ccccn1)c1cc2cc(F)ccc2o1. The molecule has 0 bridgehead atoms. The van der Waals surface area contributed by atoms with Gasteiger partial charge in [0.05, 0.1) is 6.04 Å². The molecular formula is C16H15FN2O. The summed E-state index contributed by atoms with van der Waals surface area (Å²) in [4.78, 5) is 4.32. The number of pyridine rings is 1. The van der Waals surface area contributed by atoms with E-state index in [-0.39, 0.29) is 11.9 Å². The summed E-state index contributed by atoms with van der Waals surface area (Å²) in [6.07, 6.45) is 2.50. The standard InChI is InChI=1S/C16H15FN2O/c1-18-14(10-13-4-2-3-7-19-13)16-9-11-8-12(17)5-6-15(11)20-16/h2-9,14,18H,10H2,1H3. The quantitative estimate of drug-likeness (QED) is 0.789. The number of nitrogens with one attached hydrogen (secondary N) is 1. The van der Waals surface area contributed by atoms with Gasteiger partial charge in [-0.3, -0.25) is 4.98 Å². The summed E-state index contributed by atoms with van der Waals surface area (Å²) in [6, 6.07) is 12.3. The van der Waals surface area contributed by atoms with Crippen molar-refractivity contribution in [1.29, 1.82) is 0 Å². The average molecular weight is 270 g/mol. The summed E-state index contributed by atoms with van der Waals surface area (Å²) >= 11 is 0. The van der Waals surface area contributed by atoms with Crippen LogP contribution in [0.3, 0.4) is 0 Å². The van der Waals surface area contributed by atoms with E-state index in [9.17, 15) is 4.39 Å². The minimum absolute atomic E-state index is 0.0142. The van der Waals surface area contributed by atoms with Crippen LogP contribution in [-0.4, -0.2) is 12.0 Å². The molecule has 2 heterocycles. The maximum absolute atomic E-state index is 13.2. The van der Waals surface area contributed by atoms with Gasteiger partial charge in [0.15, 0.2) is 0 Å². The Labute approximate surface area is 116 Å². The molecule has 1 aromatic carbocycles. The molecule has 0 spiro atoms. The highest BCUT2D eigenvalue weighted by Gasteiger charge is 2.16. The van der Waals surface area contributed by atoms with Crippen LogP contribution < -0.4 is 5.32 Å². The van der Waals surface area contributed by atoms with Crippen LogP contribution in [0.2, 0.25) is 0 Å². The summed E-state index contributed by atoms with van der Waals surface area (Å²) in [5.41, 5.74) is 1.68. The molecular weight excluding hydrogens is 255 g/mol. The Hall–Kier alpha value is -2.20. The van der Waals surface area contributed by atoms with Crippen LogP contribution in [0.15, 0.2) is 53.1 Å². The molecule has 2 aromatic heterocycles. The molecule has 0 aliphatic carbocycles. The summed E-state index contributed by atoms with van der Waals surface area (Å²) in [7, 11) is 1.88. The molecule has 0 saturated carbocycles. The summed E-state index contributed by atoms with van der Waals surface area (Å²) in [5.74, 6) is 0.536. The van der Waals surface area contributed by atoms with E-state index in [1.54, 1.807) is 12.3 Å². The highest BCUT2D eigenvalue weighted by atomic mass is 19.1. The van der Waals surface area contributed by atoms with Gasteiger partial charge in [0.25, 0.3) is 0 Å². The molecule has 20 heavy (non-hydrogen) atoms. The van der Waals surface area contributed by atoms with Gasteiger partial charge >= 0.3 is 0 Å². The van der Waals surface area contributed by atoms with Crippen LogP contribution >= 0.6 is 0 Å². The molecule has 4 heteroatoms. The van der Waals surface area contributed by atoms with Crippen molar-refractivity contribution in [1.82, 2.24) is 10.3 Å². The number of hydrogen-bond acceptors (Lipinski definition) is 3. The predicted molar refractivity (Wildman–Crippen MR) is 75.9 cm³/mol. The lowest BCUT2D eigenvalue weighted by Gasteiger charge is -2.12. The number of rotatable bonds is 4. The van der Waals surface area contributed by atoms with Crippen molar-refractivity contribution in [2.24, 2.45) is 0 Å². The lowest BCUT2D eigenvalue weighted by molar-refractivity contribution is 0.448. The van der Waals surface area contributed by atoms with Crippen LogP contribution in [0.25, 0.3) is 11.0 Å². The first-order valence-electron chi connectivity index (χ1n) is 6.52. The fourth-order valence-corrected chi connectivity index (χ4v) is 2.28. The number of hydrogen-bond donors (Lipinski definition) is 1. The smallest absolute Gasteiger partial charge is 0.134 e. The zero-order valence-electron chi connectivity index (χ0n) is 11.1. The molecule has 3 rings (SSSR count). The van der Waals surface area contributed by atoms with Gasteiger partial charge < -0.3 is 9.73 Å². The third kappa shape index (κ3) is 2.56. The van der Waals surface area contributed by atoms with Crippen molar-refractivity contribution >= 4 is 11.0 Å². The minimum Gasteiger partial charge on any atom is -0.459 e. The van der Waals surface area contributed by atoms with Crippen LogP contribution in [0.1, 0.15) is 17.5 Å². The Morgan fingerprint density at radius 1 is 1.25 bits per heavy atom. The monoisotopic (exact) mass is 270 g/mol. The van der Waals surface area contributed by atoms with Crippen molar-refractivity contribution in [3.8, 4) is 0 Å². The summed E-state index contributed by atoms with van der Waals surface area (Å²) in [5, 5.41) is 3.99. The zero-order chi connectivity index (χ0) is 13.9. The fraction of sp³-hybridized carbons (Fsp3) is 0.188. The topological polar surface area (TPSA) is 38.1 Å². The van der Waals surface area contributed by atoms with E-state index in [2.05, 4.69) is 10.3 Å². The molecule has 0 saturated heterocycles. The van der Waals surface area contributed by atoms with E-state index >= 15 is 0 Å². The van der Waals surface area contributed by atoms with Crippen LogP contribution in [0.4, 0.5) is 4.39 Å². The minimum atomic E-state index is -0.254.